The molecule has 59 heavy (non-hydrogen) atoms. The Morgan fingerprint density at radius 3 is 1.47 bits per heavy atom. The van der Waals surface area contributed by atoms with Gasteiger partial charge < -0.3 is 0 Å². The highest BCUT2D eigenvalue weighted by Gasteiger charge is 2.38. The van der Waals surface area contributed by atoms with Gasteiger partial charge in [0.15, 0.2) is 5.82 Å². The molecule has 1 aromatic heterocycles. The minimum atomic E-state index is -0.173. The van der Waals surface area contributed by atoms with Gasteiger partial charge in [-0.05, 0) is 108 Å². The van der Waals surface area contributed by atoms with Crippen LogP contribution in [-0.2, 0) is 5.41 Å². The van der Waals surface area contributed by atoms with Crippen molar-refractivity contribution in [3.8, 4) is 78.4 Å². The van der Waals surface area contributed by atoms with Gasteiger partial charge in [0.2, 0.25) is 0 Å². The second kappa shape index (κ2) is 13.9. The van der Waals surface area contributed by atoms with Gasteiger partial charge in [-0.1, -0.05) is 190 Å². The summed E-state index contributed by atoms with van der Waals surface area (Å²) in [5.41, 5.74) is 17.4. The molecule has 0 aliphatic heterocycles. The van der Waals surface area contributed by atoms with E-state index in [-0.39, 0.29) is 5.41 Å². The second-order valence-corrected chi connectivity index (χ2v) is 16.2. The topological polar surface area (TPSA) is 25.8 Å². The van der Waals surface area contributed by atoms with Crippen molar-refractivity contribution < 1.29 is 0 Å². The largest absolute Gasteiger partial charge is 0.228 e. The summed E-state index contributed by atoms with van der Waals surface area (Å²) in [6.07, 6.45) is 0. The molecular formula is C57H40N2. The monoisotopic (exact) mass is 752 g/mol. The molecule has 278 valence electrons. The maximum absolute atomic E-state index is 5.33. The lowest BCUT2D eigenvalue weighted by atomic mass is 9.78. The summed E-state index contributed by atoms with van der Waals surface area (Å²) in [4.78, 5) is 10.6. The van der Waals surface area contributed by atoms with E-state index in [1.54, 1.807) is 0 Å². The van der Waals surface area contributed by atoms with Gasteiger partial charge in [-0.3, -0.25) is 0 Å². The third-order valence-corrected chi connectivity index (χ3v) is 12.3. The quantitative estimate of drug-likeness (QED) is 0.169. The zero-order chi connectivity index (χ0) is 39.5. The number of hydrogen-bond donors (Lipinski definition) is 0. The Labute approximate surface area is 345 Å². The molecule has 10 aromatic rings. The van der Waals surface area contributed by atoms with Crippen LogP contribution in [0.15, 0.2) is 206 Å². The molecule has 0 saturated heterocycles. The van der Waals surface area contributed by atoms with Crippen LogP contribution in [0.1, 0.15) is 25.0 Å². The Morgan fingerprint density at radius 2 is 0.797 bits per heavy atom. The fourth-order valence-electron chi connectivity index (χ4n) is 9.33. The third kappa shape index (κ3) is 5.96. The highest BCUT2D eigenvalue weighted by atomic mass is 14.9. The summed E-state index contributed by atoms with van der Waals surface area (Å²) in [5, 5.41) is 4.88. The zero-order valence-corrected chi connectivity index (χ0v) is 33.0. The van der Waals surface area contributed by atoms with Crippen molar-refractivity contribution in [2.45, 2.75) is 19.3 Å². The fraction of sp³-hybridized carbons (Fsp3) is 0.0526. The molecule has 9 aromatic carbocycles. The van der Waals surface area contributed by atoms with Crippen molar-refractivity contribution in [2.75, 3.05) is 0 Å². The van der Waals surface area contributed by atoms with E-state index in [4.69, 9.17) is 9.97 Å². The number of fused-ring (bicyclic) bond motifs is 5. The van der Waals surface area contributed by atoms with Crippen LogP contribution < -0.4 is 0 Å². The average Bonchev–Trinajstić information content (AvgIpc) is 3.53. The van der Waals surface area contributed by atoms with Gasteiger partial charge in [-0.25, -0.2) is 9.97 Å². The summed E-state index contributed by atoms with van der Waals surface area (Å²) in [5.74, 6) is 0.710. The molecule has 0 unspecified atom stereocenters. The number of aromatic nitrogens is 2. The van der Waals surface area contributed by atoms with Crippen molar-refractivity contribution >= 4 is 21.5 Å². The van der Waals surface area contributed by atoms with E-state index >= 15 is 0 Å². The molecule has 0 spiro atoms. The number of hydrogen-bond acceptors (Lipinski definition) is 2. The summed E-state index contributed by atoms with van der Waals surface area (Å²) in [7, 11) is 0. The first-order valence-electron chi connectivity index (χ1n) is 20.4. The van der Waals surface area contributed by atoms with Gasteiger partial charge in [-0.2, -0.15) is 0 Å². The van der Waals surface area contributed by atoms with E-state index in [1.165, 1.54) is 66.2 Å². The minimum absolute atomic E-state index is 0.173. The van der Waals surface area contributed by atoms with Gasteiger partial charge in [0.1, 0.15) is 0 Å². The molecule has 0 saturated carbocycles. The summed E-state index contributed by atoms with van der Waals surface area (Å²) in [6, 6.07) is 74.2. The van der Waals surface area contributed by atoms with Crippen LogP contribution in [0.25, 0.3) is 100.0 Å². The molecule has 2 heteroatoms. The zero-order valence-electron chi connectivity index (χ0n) is 33.0. The van der Waals surface area contributed by atoms with Crippen molar-refractivity contribution in [3.05, 3.63) is 217 Å². The van der Waals surface area contributed by atoms with Gasteiger partial charge >= 0.3 is 0 Å². The molecule has 0 N–H and O–H groups in total. The molecule has 0 bridgehead atoms. The van der Waals surface area contributed by atoms with Crippen LogP contribution in [0, 0.1) is 0 Å². The van der Waals surface area contributed by atoms with Gasteiger partial charge in [-0.15, -0.1) is 0 Å². The second-order valence-electron chi connectivity index (χ2n) is 16.2. The predicted molar refractivity (Wildman–Crippen MR) is 247 cm³/mol. The van der Waals surface area contributed by atoms with Crippen molar-refractivity contribution in [2.24, 2.45) is 0 Å². The number of rotatable bonds is 6. The van der Waals surface area contributed by atoms with Gasteiger partial charge in [0, 0.05) is 22.1 Å². The SMILES string of the molecule is CC1(C)c2cc3ccccc3cc2-c2cccc(-c3ccc(-c4nc(-c5ccccc5)cc(-c5ccc(-c6cccc(-c7ccccc7)c6)cc5)n4)c4ccccc34)c21. The van der Waals surface area contributed by atoms with Crippen molar-refractivity contribution in [1.29, 1.82) is 0 Å². The molecule has 2 nitrogen and oxygen atoms in total. The first kappa shape index (κ1) is 34.8. The Kier molecular flexibility index (Phi) is 8.20. The summed E-state index contributed by atoms with van der Waals surface area (Å²) >= 11 is 0. The first-order valence-corrected chi connectivity index (χ1v) is 20.4. The standard InChI is InChI=1S/C57H40N2/c1-57(2)52-35-44-20-10-9-19-43(44)34-51(52)49-26-14-25-48(55(49)57)47-31-32-50(46-24-12-11-23-45(46)47)56-58-53(39-17-7-4-8-18-39)36-54(59-56)40-29-27-38(28-30-40)42-22-13-21-41(33-42)37-15-5-3-6-16-37/h3-36H,1-2H3. The average molecular weight is 753 g/mol. The van der Waals surface area contributed by atoms with Crippen molar-refractivity contribution in [3.63, 3.8) is 0 Å². The number of benzene rings is 9. The first-order chi connectivity index (χ1) is 29.0. The molecule has 1 heterocycles. The van der Waals surface area contributed by atoms with E-state index in [9.17, 15) is 0 Å². The van der Waals surface area contributed by atoms with E-state index in [0.29, 0.717) is 5.82 Å². The highest BCUT2D eigenvalue weighted by Crippen LogP contribution is 2.54. The van der Waals surface area contributed by atoms with Gasteiger partial charge in [0.05, 0.1) is 11.4 Å². The van der Waals surface area contributed by atoms with Gasteiger partial charge in [0.25, 0.3) is 0 Å². The Hall–Kier alpha value is -7.42. The molecular weight excluding hydrogens is 713 g/mol. The van der Waals surface area contributed by atoms with E-state index in [2.05, 4.69) is 214 Å². The van der Waals surface area contributed by atoms with E-state index in [0.717, 1.165) is 39.0 Å². The third-order valence-electron chi connectivity index (χ3n) is 12.3. The van der Waals surface area contributed by atoms with Crippen LogP contribution in [0.4, 0.5) is 0 Å². The molecule has 0 fully saturated rings. The molecule has 11 rings (SSSR count). The van der Waals surface area contributed by atoms with E-state index < -0.39 is 0 Å². The van der Waals surface area contributed by atoms with Crippen LogP contribution in [0.5, 0.6) is 0 Å². The maximum Gasteiger partial charge on any atom is 0.161 e. The lowest BCUT2D eigenvalue weighted by Gasteiger charge is -2.25. The van der Waals surface area contributed by atoms with E-state index in [1.807, 2.05) is 6.07 Å². The Bertz CT molecular complexity index is 3220. The molecule has 1 aliphatic rings. The Balaban J connectivity index is 1.03. The normalized spacial score (nSPS) is 12.7. The smallest absolute Gasteiger partial charge is 0.161 e. The molecule has 0 amide bonds. The highest BCUT2D eigenvalue weighted by molar-refractivity contribution is 6.06. The lowest BCUT2D eigenvalue weighted by molar-refractivity contribution is 0.663. The van der Waals surface area contributed by atoms with Crippen LogP contribution in [0.3, 0.4) is 0 Å². The maximum atomic E-state index is 5.33. The van der Waals surface area contributed by atoms with Crippen LogP contribution in [0.2, 0.25) is 0 Å². The fourth-order valence-corrected chi connectivity index (χ4v) is 9.33. The minimum Gasteiger partial charge on any atom is -0.228 e. The van der Waals surface area contributed by atoms with Crippen molar-refractivity contribution in [1.82, 2.24) is 9.97 Å². The summed E-state index contributed by atoms with van der Waals surface area (Å²) < 4.78 is 0. The molecule has 0 radical (unpaired) electrons. The predicted octanol–water partition coefficient (Wildman–Crippen LogP) is 15.1. The molecule has 1 aliphatic carbocycles. The Morgan fingerprint density at radius 1 is 0.322 bits per heavy atom. The van der Waals surface area contributed by atoms with Crippen LogP contribution >= 0.6 is 0 Å². The number of nitrogens with zero attached hydrogens (tertiary/aromatic N) is 2. The molecule has 0 atom stereocenters. The summed E-state index contributed by atoms with van der Waals surface area (Å²) in [6.45, 7) is 4.76. The van der Waals surface area contributed by atoms with Crippen LogP contribution in [-0.4, -0.2) is 9.97 Å². The lowest BCUT2D eigenvalue weighted by Crippen LogP contribution is -2.16.